The molecule has 4 heterocycles. The number of pyridine rings is 1. The topological polar surface area (TPSA) is 125 Å². The van der Waals surface area contributed by atoms with Gasteiger partial charge in [0.15, 0.2) is 17.1 Å². The first-order valence-corrected chi connectivity index (χ1v) is 12.3. The molecular formula is C26H30N4O6. The Balaban J connectivity index is 1.53. The predicted molar refractivity (Wildman–Crippen MR) is 133 cm³/mol. The van der Waals surface area contributed by atoms with Gasteiger partial charge in [0.25, 0.3) is 11.5 Å². The van der Waals surface area contributed by atoms with Gasteiger partial charge in [-0.15, -0.1) is 0 Å². The van der Waals surface area contributed by atoms with Gasteiger partial charge in [-0.05, 0) is 49.4 Å². The molecule has 1 aromatic carbocycles. The minimum absolute atomic E-state index is 0.00360. The fraction of sp³-hybridized carbons (Fsp3) is 0.462. The zero-order valence-electron chi connectivity index (χ0n) is 20.7. The monoisotopic (exact) mass is 494 g/mol. The van der Waals surface area contributed by atoms with Crippen molar-refractivity contribution in [3.8, 4) is 11.5 Å². The average Bonchev–Trinajstić information content (AvgIpc) is 3.35. The van der Waals surface area contributed by atoms with Crippen LogP contribution in [0.4, 0.5) is 0 Å². The van der Waals surface area contributed by atoms with Crippen LogP contribution in [0.3, 0.4) is 0 Å². The second-order valence-electron chi connectivity index (χ2n) is 9.59. The van der Waals surface area contributed by atoms with Crippen LogP contribution in [-0.2, 0) is 16.7 Å². The second-order valence-corrected chi connectivity index (χ2v) is 9.59. The molecule has 1 fully saturated rings. The molecule has 2 aliphatic rings. The van der Waals surface area contributed by atoms with Crippen molar-refractivity contribution in [1.82, 2.24) is 19.9 Å². The molecule has 3 aromatic rings. The SMILES string of the molecule is CCn1c(=O)[nH]c(=O)c2c(C(=O)NCC3(c4ccc5c(c4)OCO5)CCOCC3)cc(C(C)C)nc21. The van der Waals surface area contributed by atoms with E-state index in [0.29, 0.717) is 43.5 Å². The Hall–Kier alpha value is -3.66. The van der Waals surface area contributed by atoms with Crippen LogP contribution in [0, 0.1) is 0 Å². The Kier molecular flexibility index (Phi) is 6.29. The van der Waals surface area contributed by atoms with E-state index >= 15 is 0 Å². The number of fused-ring (bicyclic) bond motifs is 2. The summed E-state index contributed by atoms with van der Waals surface area (Å²) in [6, 6.07) is 7.53. The fourth-order valence-corrected chi connectivity index (χ4v) is 4.96. The summed E-state index contributed by atoms with van der Waals surface area (Å²) in [7, 11) is 0. The van der Waals surface area contributed by atoms with Crippen molar-refractivity contribution in [1.29, 1.82) is 0 Å². The molecule has 2 aliphatic heterocycles. The van der Waals surface area contributed by atoms with Gasteiger partial charge >= 0.3 is 5.69 Å². The number of nitrogens with zero attached hydrogens (tertiary/aromatic N) is 2. The van der Waals surface area contributed by atoms with Gasteiger partial charge in [-0.2, -0.15) is 0 Å². The highest BCUT2D eigenvalue weighted by Crippen LogP contribution is 2.40. The van der Waals surface area contributed by atoms with E-state index in [-0.39, 0.29) is 40.6 Å². The maximum absolute atomic E-state index is 13.6. The first-order chi connectivity index (χ1) is 17.3. The Labute approximate surface area is 207 Å². The van der Waals surface area contributed by atoms with Crippen LogP contribution >= 0.6 is 0 Å². The van der Waals surface area contributed by atoms with Crippen molar-refractivity contribution in [2.24, 2.45) is 0 Å². The summed E-state index contributed by atoms with van der Waals surface area (Å²) in [5.41, 5.74) is 0.574. The molecular weight excluding hydrogens is 464 g/mol. The van der Waals surface area contributed by atoms with Crippen LogP contribution in [0.2, 0.25) is 0 Å². The number of aromatic nitrogens is 3. The molecule has 0 aliphatic carbocycles. The summed E-state index contributed by atoms with van der Waals surface area (Å²) < 4.78 is 18.1. The summed E-state index contributed by atoms with van der Waals surface area (Å²) in [5.74, 6) is 1.00. The largest absolute Gasteiger partial charge is 0.454 e. The molecule has 0 spiro atoms. The summed E-state index contributed by atoms with van der Waals surface area (Å²) in [4.78, 5) is 45.8. The lowest BCUT2D eigenvalue weighted by atomic mass is 9.74. The molecule has 2 aromatic heterocycles. The van der Waals surface area contributed by atoms with E-state index in [9.17, 15) is 14.4 Å². The molecule has 5 rings (SSSR count). The van der Waals surface area contributed by atoms with E-state index in [1.165, 1.54) is 4.57 Å². The number of rotatable bonds is 6. The number of nitrogens with one attached hydrogen (secondary N) is 2. The maximum atomic E-state index is 13.6. The van der Waals surface area contributed by atoms with Crippen molar-refractivity contribution >= 4 is 16.9 Å². The van der Waals surface area contributed by atoms with Gasteiger partial charge in [-0.25, -0.2) is 9.78 Å². The van der Waals surface area contributed by atoms with E-state index in [4.69, 9.17) is 14.2 Å². The third-order valence-corrected chi connectivity index (χ3v) is 7.14. The second kappa shape index (κ2) is 9.42. The van der Waals surface area contributed by atoms with E-state index in [1.807, 2.05) is 32.0 Å². The Morgan fingerprint density at radius 2 is 1.92 bits per heavy atom. The number of H-pyrrole nitrogens is 1. The molecule has 10 heteroatoms. The first kappa shape index (κ1) is 24.1. The lowest BCUT2D eigenvalue weighted by Crippen LogP contribution is -2.45. The van der Waals surface area contributed by atoms with Crippen molar-refractivity contribution < 1.29 is 19.0 Å². The smallest absolute Gasteiger partial charge is 0.329 e. The van der Waals surface area contributed by atoms with Gasteiger partial charge in [0.05, 0.1) is 10.9 Å². The van der Waals surface area contributed by atoms with Gasteiger partial charge in [-0.3, -0.25) is 19.1 Å². The fourth-order valence-electron chi connectivity index (χ4n) is 4.96. The maximum Gasteiger partial charge on any atom is 0.329 e. The quantitative estimate of drug-likeness (QED) is 0.539. The molecule has 36 heavy (non-hydrogen) atoms. The molecule has 0 radical (unpaired) electrons. The third kappa shape index (κ3) is 4.15. The molecule has 190 valence electrons. The molecule has 1 amide bonds. The summed E-state index contributed by atoms with van der Waals surface area (Å²) in [6.45, 7) is 7.70. The lowest BCUT2D eigenvalue weighted by Gasteiger charge is -2.38. The van der Waals surface area contributed by atoms with Crippen molar-refractivity contribution in [2.45, 2.75) is 51.5 Å². The number of hydrogen-bond donors (Lipinski definition) is 2. The van der Waals surface area contributed by atoms with Gasteiger partial charge in [0.1, 0.15) is 0 Å². The highest BCUT2D eigenvalue weighted by molar-refractivity contribution is 6.05. The predicted octanol–water partition coefficient (Wildman–Crippen LogP) is 2.44. The Morgan fingerprint density at radius 3 is 2.64 bits per heavy atom. The minimum Gasteiger partial charge on any atom is -0.454 e. The van der Waals surface area contributed by atoms with Crippen LogP contribution in [0.1, 0.15) is 61.1 Å². The number of benzene rings is 1. The number of carbonyl (C=O) groups excluding carboxylic acids is 1. The van der Waals surface area contributed by atoms with Crippen LogP contribution < -0.4 is 26.0 Å². The molecule has 1 saturated heterocycles. The van der Waals surface area contributed by atoms with Crippen molar-refractivity contribution in [2.75, 3.05) is 26.6 Å². The molecule has 0 bridgehead atoms. The van der Waals surface area contributed by atoms with Crippen LogP contribution in [0.25, 0.3) is 11.0 Å². The zero-order chi connectivity index (χ0) is 25.4. The average molecular weight is 495 g/mol. The third-order valence-electron chi connectivity index (χ3n) is 7.14. The van der Waals surface area contributed by atoms with E-state index in [0.717, 1.165) is 18.4 Å². The normalized spacial score (nSPS) is 16.4. The molecule has 0 saturated carbocycles. The van der Waals surface area contributed by atoms with E-state index < -0.39 is 11.2 Å². The van der Waals surface area contributed by atoms with Gasteiger partial charge < -0.3 is 19.5 Å². The number of aryl methyl sites for hydroxylation is 1. The van der Waals surface area contributed by atoms with Gasteiger partial charge in [-0.1, -0.05) is 19.9 Å². The van der Waals surface area contributed by atoms with Crippen molar-refractivity contribution in [3.63, 3.8) is 0 Å². The number of hydrogen-bond acceptors (Lipinski definition) is 7. The van der Waals surface area contributed by atoms with Gasteiger partial charge in [0.2, 0.25) is 6.79 Å². The molecule has 10 nitrogen and oxygen atoms in total. The van der Waals surface area contributed by atoms with Crippen LogP contribution in [-0.4, -0.2) is 47.0 Å². The zero-order valence-corrected chi connectivity index (χ0v) is 20.7. The van der Waals surface area contributed by atoms with Crippen LogP contribution in [0.15, 0.2) is 33.9 Å². The Morgan fingerprint density at radius 1 is 1.17 bits per heavy atom. The van der Waals surface area contributed by atoms with Crippen molar-refractivity contribution in [3.05, 3.63) is 61.9 Å². The first-order valence-electron chi connectivity index (χ1n) is 12.3. The number of ether oxygens (including phenoxy) is 3. The van der Waals surface area contributed by atoms with E-state index in [2.05, 4.69) is 15.3 Å². The number of amides is 1. The highest BCUT2D eigenvalue weighted by atomic mass is 16.7. The van der Waals surface area contributed by atoms with E-state index in [1.54, 1.807) is 13.0 Å². The summed E-state index contributed by atoms with van der Waals surface area (Å²) in [6.07, 6.45) is 1.44. The number of carbonyl (C=O) groups is 1. The van der Waals surface area contributed by atoms with Crippen LogP contribution in [0.5, 0.6) is 11.5 Å². The van der Waals surface area contributed by atoms with Gasteiger partial charge in [0, 0.05) is 37.4 Å². The standard InChI is InChI=1S/C26H30N4O6/c1-4-30-22-21(24(32)29-25(30)33)17(12-18(28-22)15(2)3)23(31)27-13-26(7-9-34-10-8-26)16-5-6-19-20(11-16)36-14-35-19/h5-6,11-12,15H,4,7-10,13-14H2,1-3H3,(H,27,31)(H,29,32,33). The molecule has 2 N–H and O–H groups in total. The minimum atomic E-state index is -0.621. The highest BCUT2D eigenvalue weighted by Gasteiger charge is 2.36. The molecule has 0 atom stereocenters. The Bertz CT molecular complexity index is 1430. The summed E-state index contributed by atoms with van der Waals surface area (Å²) in [5, 5.41) is 3.19. The number of aromatic amines is 1. The lowest BCUT2D eigenvalue weighted by molar-refractivity contribution is 0.0486. The molecule has 0 unspecified atom stereocenters. The summed E-state index contributed by atoms with van der Waals surface area (Å²) >= 11 is 0.